The first-order chi connectivity index (χ1) is 19.4. The number of rotatable bonds is 10. The van der Waals surface area contributed by atoms with Crippen LogP contribution in [0, 0.1) is 5.82 Å². The van der Waals surface area contributed by atoms with Crippen LogP contribution in [-0.4, -0.2) is 95.6 Å². The van der Waals surface area contributed by atoms with E-state index in [1.54, 1.807) is 41.3 Å². The lowest BCUT2D eigenvalue weighted by atomic mass is 10.1. The zero-order valence-electron chi connectivity index (χ0n) is 23.1. The van der Waals surface area contributed by atoms with Crippen molar-refractivity contribution in [2.45, 2.75) is 20.3 Å². The van der Waals surface area contributed by atoms with E-state index in [9.17, 15) is 14.0 Å². The molecular formula is C30H36ClFN6O2. The molecule has 0 aliphatic carbocycles. The Labute approximate surface area is 240 Å². The van der Waals surface area contributed by atoms with Gasteiger partial charge >= 0.3 is 0 Å². The van der Waals surface area contributed by atoms with Gasteiger partial charge in [0.25, 0.3) is 5.91 Å². The van der Waals surface area contributed by atoms with Crippen molar-refractivity contribution in [2.24, 2.45) is 0 Å². The van der Waals surface area contributed by atoms with E-state index in [0.717, 1.165) is 37.4 Å². The van der Waals surface area contributed by atoms with Gasteiger partial charge in [-0.2, -0.15) is 0 Å². The van der Waals surface area contributed by atoms with E-state index in [2.05, 4.69) is 33.8 Å². The van der Waals surface area contributed by atoms with Gasteiger partial charge in [0, 0.05) is 55.4 Å². The normalized spacial score (nSPS) is 13.8. The van der Waals surface area contributed by atoms with Crippen molar-refractivity contribution in [1.29, 1.82) is 0 Å². The monoisotopic (exact) mass is 566 g/mol. The quantitative estimate of drug-likeness (QED) is 0.361. The largest absolute Gasteiger partial charge is 0.353 e. The van der Waals surface area contributed by atoms with E-state index in [1.165, 1.54) is 12.1 Å². The number of carbonyl (C=O) groups is 2. The number of halogens is 2. The highest BCUT2D eigenvalue weighted by Gasteiger charge is 2.25. The maximum atomic E-state index is 13.4. The molecule has 4 rings (SSSR count). The van der Waals surface area contributed by atoms with Crippen LogP contribution in [0.25, 0.3) is 11.3 Å². The Hall–Kier alpha value is -3.56. The minimum atomic E-state index is -0.293. The molecule has 1 aliphatic rings. The molecule has 8 nitrogen and oxygen atoms in total. The van der Waals surface area contributed by atoms with Crippen LogP contribution in [0.5, 0.6) is 0 Å². The number of aromatic nitrogens is 2. The van der Waals surface area contributed by atoms with Crippen LogP contribution >= 0.6 is 11.6 Å². The smallest absolute Gasteiger partial charge is 0.254 e. The molecule has 2 heterocycles. The van der Waals surface area contributed by atoms with Crippen LogP contribution in [0.15, 0.2) is 60.7 Å². The number of amides is 2. The molecule has 1 saturated heterocycles. The summed E-state index contributed by atoms with van der Waals surface area (Å²) < 4.78 is 13.2. The van der Waals surface area contributed by atoms with Crippen LogP contribution in [0.3, 0.4) is 0 Å². The molecule has 0 spiro atoms. The van der Waals surface area contributed by atoms with E-state index in [-0.39, 0.29) is 24.2 Å². The predicted molar refractivity (Wildman–Crippen MR) is 156 cm³/mol. The van der Waals surface area contributed by atoms with Crippen LogP contribution in [0.4, 0.5) is 10.2 Å². The van der Waals surface area contributed by atoms with Gasteiger partial charge in [0.1, 0.15) is 12.4 Å². The highest BCUT2D eigenvalue weighted by atomic mass is 35.5. The van der Waals surface area contributed by atoms with Gasteiger partial charge in [0.15, 0.2) is 5.82 Å². The van der Waals surface area contributed by atoms with E-state index in [0.29, 0.717) is 49.0 Å². The number of hydrogen-bond donors (Lipinski definition) is 0. The standard InChI is InChI=1S/C30H36ClFN6O2/c1-3-35(4-2)18-19-38(30(40)24-6-10-25(31)11-7-24)22-29(39)37-17-5-16-36(20-21-37)28-15-14-27(33-34-28)23-8-12-26(32)13-9-23/h6-15H,3-5,16-22H2,1-2H3. The van der Waals surface area contributed by atoms with Gasteiger partial charge in [-0.1, -0.05) is 25.4 Å². The molecule has 212 valence electrons. The van der Waals surface area contributed by atoms with Gasteiger partial charge < -0.3 is 19.6 Å². The minimum absolute atomic E-state index is 0.0227. The van der Waals surface area contributed by atoms with Crippen molar-refractivity contribution < 1.29 is 14.0 Å². The van der Waals surface area contributed by atoms with Crippen LogP contribution in [0.1, 0.15) is 30.6 Å². The first kappa shape index (κ1) is 29.4. The fraction of sp³-hybridized carbons (Fsp3) is 0.400. The molecule has 1 aromatic heterocycles. The second-order valence-electron chi connectivity index (χ2n) is 9.77. The van der Waals surface area contributed by atoms with Gasteiger partial charge in [-0.25, -0.2) is 4.39 Å². The zero-order valence-corrected chi connectivity index (χ0v) is 23.9. The lowest BCUT2D eigenvalue weighted by Crippen LogP contribution is -2.46. The molecular weight excluding hydrogens is 531 g/mol. The molecule has 0 radical (unpaired) electrons. The van der Waals surface area contributed by atoms with Crippen LogP contribution < -0.4 is 4.90 Å². The highest BCUT2D eigenvalue weighted by molar-refractivity contribution is 6.30. The van der Waals surface area contributed by atoms with Gasteiger partial charge in [0.05, 0.1) is 5.69 Å². The minimum Gasteiger partial charge on any atom is -0.353 e. The SMILES string of the molecule is CCN(CC)CCN(CC(=O)N1CCCN(c2ccc(-c3ccc(F)cc3)nn2)CC1)C(=O)c1ccc(Cl)cc1. The fourth-order valence-corrected chi connectivity index (χ4v) is 4.88. The predicted octanol–water partition coefficient (Wildman–Crippen LogP) is 4.46. The number of anilines is 1. The maximum Gasteiger partial charge on any atom is 0.254 e. The first-order valence-electron chi connectivity index (χ1n) is 13.8. The maximum absolute atomic E-state index is 13.4. The number of benzene rings is 2. The van der Waals surface area contributed by atoms with Crippen molar-refractivity contribution in [2.75, 3.05) is 63.8 Å². The molecule has 0 atom stereocenters. The fourth-order valence-electron chi connectivity index (χ4n) is 4.76. The van der Waals surface area contributed by atoms with Gasteiger partial charge in [-0.3, -0.25) is 9.59 Å². The molecule has 3 aromatic rings. The van der Waals surface area contributed by atoms with Gasteiger partial charge in [-0.05, 0) is 80.2 Å². The number of nitrogens with zero attached hydrogens (tertiary/aromatic N) is 6. The van der Waals surface area contributed by atoms with E-state index in [1.807, 2.05) is 17.0 Å². The number of carbonyl (C=O) groups excluding carboxylic acids is 2. The van der Waals surface area contributed by atoms with Crippen LogP contribution in [0.2, 0.25) is 5.02 Å². The average molecular weight is 567 g/mol. The van der Waals surface area contributed by atoms with E-state index in [4.69, 9.17) is 11.6 Å². The Morgan fingerprint density at radius 2 is 1.60 bits per heavy atom. The third kappa shape index (κ3) is 7.76. The zero-order chi connectivity index (χ0) is 28.5. The van der Waals surface area contributed by atoms with Gasteiger partial charge in [-0.15, -0.1) is 10.2 Å². The van der Waals surface area contributed by atoms with Crippen molar-refractivity contribution >= 4 is 29.2 Å². The molecule has 10 heteroatoms. The number of likely N-dealkylation sites (N-methyl/N-ethyl adjacent to an activating group) is 1. The van der Waals surface area contributed by atoms with Crippen molar-refractivity contribution in [3.63, 3.8) is 0 Å². The molecule has 0 N–H and O–H groups in total. The Balaban J connectivity index is 1.39. The Bertz CT molecular complexity index is 1250. The molecule has 0 bridgehead atoms. The summed E-state index contributed by atoms with van der Waals surface area (Å²) >= 11 is 6.02. The van der Waals surface area contributed by atoms with Gasteiger partial charge in [0.2, 0.25) is 5.91 Å². The molecule has 2 aromatic carbocycles. The third-order valence-corrected chi connectivity index (χ3v) is 7.50. The third-order valence-electron chi connectivity index (χ3n) is 7.25. The highest BCUT2D eigenvalue weighted by Crippen LogP contribution is 2.20. The summed E-state index contributed by atoms with van der Waals surface area (Å²) in [4.78, 5) is 34.6. The molecule has 0 saturated carbocycles. The molecule has 1 aliphatic heterocycles. The Kier molecular flexibility index (Phi) is 10.4. The second kappa shape index (κ2) is 14.2. The van der Waals surface area contributed by atoms with E-state index < -0.39 is 0 Å². The van der Waals surface area contributed by atoms with Crippen molar-refractivity contribution in [1.82, 2.24) is 24.9 Å². The molecule has 0 unspecified atom stereocenters. The summed E-state index contributed by atoms with van der Waals surface area (Å²) in [5.74, 6) is 0.198. The summed E-state index contributed by atoms with van der Waals surface area (Å²) in [6.07, 6.45) is 0.776. The summed E-state index contributed by atoms with van der Waals surface area (Å²) in [6, 6.07) is 16.7. The van der Waals surface area contributed by atoms with Crippen molar-refractivity contribution in [3.05, 3.63) is 77.1 Å². The Morgan fingerprint density at radius 1 is 0.875 bits per heavy atom. The molecule has 2 amide bonds. The lowest BCUT2D eigenvalue weighted by molar-refractivity contribution is -0.131. The second-order valence-corrected chi connectivity index (χ2v) is 10.2. The summed E-state index contributed by atoms with van der Waals surface area (Å²) in [7, 11) is 0. The topological polar surface area (TPSA) is 72.9 Å². The Morgan fingerprint density at radius 3 is 2.25 bits per heavy atom. The summed E-state index contributed by atoms with van der Waals surface area (Å²) in [6.45, 7) is 9.60. The molecule has 40 heavy (non-hydrogen) atoms. The van der Waals surface area contributed by atoms with E-state index >= 15 is 0 Å². The summed E-state index contributed by atoms with van der Waals surface area (Å²) in [5, 5.41) is 9.28. The van der Waals surface area contributed by atoms with Crippen LogP contribution in [-0.2, 0) is 4.79 Å². The number of hydrogen-bond acceptors (Lipinski definition) is 6. The average Bonchev–Trinajstić information content (AvgIpc) is 3.24. The summed E-state index contributed by atoms with van der Waals surface area (Å²) in [5.41, 5.74) is 1.98. The molecule has 1 fully saturated rings. The lowest BCUT2D eigenvalue weighted by Gasteiger charge is -2.29. The van der Waals surface area contributed by atoms with Crippen molar-refractivity contribution in [3.8, 4) is 11.3 Å². The first-order valence-corrected chi connectivity index (χ1v) is 14.1.